The molecule has 3 aromatic rings. The van der Waals surface area contributed by atoms with Crippen molar-refractivity contribution in [2.45, 2.75) is 51.5 Å². The highest BCUT2D eigenvalue weighted by Crippen LogP contribution is 2.24. The Hall–Kier alpha value is -2.53. The molecule has 164 valence electrons. The number of imidazole rings is 1. The van der Waals surface area contributed by atoms with Crippen molar-refractivity contribution in [3.05, 3.63) is 59.4 Å². The van der Waals surface area contributed by atoms with E-state index < -0.39 is 0 Å². The number of aromatic nitrogens is 2. The third-order valence-corrected chi connectivity index (χ3v) is 6.31. The zero-order valence-corrected chi connectivity index (χ0v) is 18.6. The summed E-state index contributed by atoms with van der Waals surface area (Å²) in [6, 6.07) is 15.7. The molecule has 31 heavy (non-hydrogen) atoms. The number of rotatable bonds is 9. The lowest BCUT2D eigenvalue weighted by atomic mass is 9.89. The number of nitrogens with one attached hydrogen (secondary N) is 1. The summed E-state index contributed by atoms with van der Waals surface area (Å²) < 4.78 is 8.12. The molecule has 0 spiro atoms. The van der Waals surface area contributed by atoms with Crippen LogP contribution in [-0.2, 0) is 17.8 Å². The minimum Gasteiger partial charge on any atom is -0.490 e. The van der Waals surface area contributed by atoms with Crippen LogP contribution in [0, 0.1) is 5.92 Å². The smallest absolute Gasteiger partial charge is 0.223 e. The van der Waals surface area contributed by atoms with Crippen LogP contribution in [0.1, 0.15) is 44.3 Å². The molecule has 1 aliphatic carbocycles. The molecule has 0 atom stereocenters. The van der Waals surface area contributed by atoms with Gasteiger partial charge in [-0.25, -0.2) is 4.98 Å². The molecule has 6 heteroatoms. The van der Waals surface area contributed by atoms with Crippen LogP contribution < -0.4 is 10.1 Å². The second-order valence-electron chi connectivity index (χ2n) is 8.18. The molecule has 1 aromatic heterocycles. The van der Waals surface area contributed by atoms with Crippen LogP contribution in [0.3, 0.4) is 0 Å². The van der Waals surface area contributed by atoms with E-state index in [2.05, 4.69) is 16.0 Å². The van der Waals surface area contributed by atoms with Crippen LogP contribution in [0.5, 0.6) is 5.75 Å². The number of aryl methyl sites for hydroxylation is 1. The Labute approximate surface area is 188 Å². The van der Waals surface area contributed by atoms with Gasteiger partial charge in [0.15, 0.2) is 0 Å². The zero-order chi connectivity index (χ0) is 21.5. The largest absolute Gasteiger partial charge is 0.490 e. The fourth-order valence-corrected chi connectivity index (χ4v) is 4.53. The lowest BCUT2D eigenvalue weighted by molar-refractivity contribution is -0.125. The maximum atomic E-state index is 12.4. The van der Waals surface area contributed by atoms with E-state index in [0.717, 1.165) is 42.5 Å². The number of carbonyl (C=O) groups is 1. The van der Waals surface area contributed by atoms with Gasteiger partial charge in [-0.15, -0.1) is 0 Å². The van der Waals surface area contributed by atoms with Gasteiger partial charge < -0.3 is 14.6 Å². The summed E-state index contributed by atoms with van der Waals surface area (Å²) >= 11 is 6.20. The summed E-state index contributed by atoms with van der Waals surface area (Å²) in [5.74, 6) is 2.15. The minimum absolute atomic E-state index is 0.209. The Balaban J connectivity index is 1.34. The summed E-state index contributed by atoms with van der Waals surface area (Å²) in [5, 5.41) is 3.75. The number of hydrogen-bond acceptors (Lipinski definition) is 3. The first-order valence-electron chi connectivity index (χ1n) is 11.3. The second kappa shape index (κ2) is 10.7. The third-order valence-electron chi connectivity index (χ3n) is 6.00. The average molecular weight is 440 g/mol. The average Bonchev–Trinajstić information content (AvgIpc) is 3.16. The van der Waals surface area contributed by atoms with Crippen molar-refractivity contribution < 1.29 is 9.53 Å². The quantitative estimate of drug-likeness (QED) is 0.454. The topological polar surface area (TPSA) is 56.2 Å². The van der Waals surface area contributed by atoms with Gasteiger partial charge in [0.1, 0.15) is 18.2 Å². The van der Waals surface area contributed by atoms with Crippen molar-refractivity contribution in [3.8, 4) is 5.75 Å². The van der Waals surface area contributed by atoms with E-state index in [9.17, 15) is 4.79 Å². The standard InChI is InChI=1S/C25H30ClN3O2/c26-20-11-4-7-14-23(20)31-18-17-29-22-13-6-5-12-21(22)28-24(29)15-8-16-27-25(30)19-9-2-1-3-10-19/h4-7,11-14,19H,1-3,8-10,15-18H2,(H,27,30). The van der Waals surface area contributed by atoms with Gasteiger partial charge >= 0.3 is 0 Å². The highest BCUT2D eigenvalue weighted by Gasteiger charge is 2.20. The Kier molecular flexibility index (Phi) is 7.47. The highest BCUT2D eigenvalue weighted by molar-refractivity contribution is 6.32. The highest BCUT2D eigenvalue weighted by atomic mass is 35.5. The van der Waals surface area contributed by atoms with Crippen LogP contribution in [0.2, 0.25) is 5.02 Å². The molecule has 2 aromatic carbocycles. The molecule has 1 amide bonds. The van der Waals surface area contributed by atoms with E-state index in [4.69, 9.17) is 21.3 Å². The Morgan fingerprint density at radius 2 is 1.87 bits per heavy atom. The molecular weight excluding hydrogens is 410 g/mol. The van der Waals surface area contributed by atoms with Gasteiger partial charge in [-0.3, -0.25) is 4.79 Å². The Morgan fingerprint density at radius 1 is 1.10 bits per heavy atom. The Morgan fingerprint density at radius 3 is 2.71 bits per heavy atom. The van der Waals surface area contributed by atoms with Crippen LogP contribution in [-0.4, -0.2) is 28.6 Å². The van der Waals surface area contributed by atoms with Crippen LogP contribution >= 0.6 is 11.6 Å². The fraction of sp³-hybridized carbons (Fsp3) is 0.440. The van der Waals surface area contributed by atoms with Gasteiger partial charge in [0.25, 0.3) is 0 Å². The number of nitrogens with zero attached hydrogens (tertiary/aromatic N) is 2. The van der Waals surface area contributed by atoms with Crippen LogP contribution in [0.15, 0.2) is 48.5 Å². The molecule has 0 saturated heterocycles. The summed E-state index contributed by atoms with van der Waals surface area (Å²) in [5.41, 5.74) is 2.09. The summed E-state index contributed by atoms with van der Waals surface area (Å²) in [4.78, 5) is 17.2. The van der Waals surface area contributed by atoms with Crippen molar-refractivity contribution in [2.24, 2.45) is 5.92 Å². The van der Waals surface area contributed by atoms with E-state index in [1.807, 2.05) is 42.5 Å². The van der Waals surface area contributed by atoms with Gasteiger partial charge in [0.05, 0.1) is 22.6 Å². The maximum Gasteiger partial charge on any atom is 0.223 e. The first-order chi connectivity index (χ1) is 15.2. The van der Waals surface area contributed by atoms with Crippen molar-refractivity contribution in [2.75, 3.05) is 13.2 Å². The third kappa shape index (κ3) is 5.59. The normalized spacial score (nSPS) is 14.6. The maximum absolute atomic E-state index is 12.4. The molecule has 0 aliphatic heterocycles. The van der Waals surface area contributed by atoms with Crippen LogP contribution in [0.4, 0.5) is 0 Å². The SMILES string of the molecule is O=C(NCCCc1nc2ccccc2n1CCOc1ccccc1Cl)C1CCCCC1. The fourth-order valence-electron chi connectivity index (χ4n) is 4.34. The lowest BCUT2D eigenvalue weighted by Crippen LogP contribution is -2.32. The second-order valence-corrected chi connectivity index (χ2v) is 8.58. The predicted molar refractivity (Wildman–Crippen MR) is 125 cm³/mol. The first-order valence-corrected chi connectivity index (χ1v) is 11.7. The Bertz CT molecular complexity index is 1010. The van der Waals surface area contributed by atoms with E-state index in [-0.39, 0.29) is 11.8 Å². The number of hydrogen-bond donors (Lipinski definition) is 1. The molecule has 1 aliphatic rings. The van der Waals surface area contributed by atoms with Crippen LogP contribution in [0.25, 0.3) is 11.0 Å². The number of carbonyl (C=O) groups excluding carboxylic acids is 1. The molecule has 5 nitrogen and oxygen atoms in total. The molecule has 1 fully saturated rings. The van der Waals surface area contributed by atoms with Crippen molar-refractivity contribution in [1.29, 1.82) is 0 Å². The van der Waals surface area contributed by atoms with Gasteiger partial charge in [-0.2, -0.15) is 0 Å². The number of para-hydroxylation sites is 3. The first kappa shape index (κ1) is 21.7. The minimum atomic E-state index is 0.209. The molecule has 1 N–H and O–H groups in total. The molecule has 4 rings (SSSR count). The van der Waals surface area contributed by atoms with Gasteiger partial charge in [-0.05, 0) is 43.5 Å². The summed E-state index contributed by atoms with van der Waals surface area (Å²) in [6.07, 6.45) is 7.37. The van der Waals surface area contributed by atoms with E-state index in [0.29, 0.717) is 30.5 Å². The number of halogens is 1. The van der Waals surface area contributed by atoms with E-state index in [1.165, 1.54) is 19.3 Å². The molecule has 0 unspecified atom stereocenters. The lowest BCUT2D eigenvalue weighted by Gasteiger charge is -2.20. The number of fused-ring (bicyclic) bond motifs is 1. The monoisotopic (exact) mass is 439 g/mol. The number of amides is 1. The van der Waals surface area contributed by atoms with Gasteiger partial charge in [0.2, 0.25) is 5.91 Å². The zero-order valence-electron chi connectivity index (χ0n) is 17.9. The molecule has 1 heterocycles. The van der Waals surface area contributed by atoms with Crippen molar-refractivity contribution >= 4 is 28.5 Å². The van der Waals surface area contributed by atoms with Crippen molar-refractivity contribution in [1.82, 2.24) is 14.9 Å². The van der Waals surface area contributed by atoms with E-state index in [1.54, 1.807) is 0 Å². The molecule has 0 radical (unpaired) electrons. The van der Waals surface area contributed by atoms with Gasteiger partial charge in [-0.1, -0.05) is 55.1 Å². The van der Waals surface area contributed by atoms with Crippen molar-refractivity contribution in [3.63, 3.8) is 0 Å². The summed E-state index contributed by atoms with van der Waals surface area (Å²) in [7, 11) is 0. The van der Waals surface area contributed by atoms with E-state index >= 15 is 0 Å². The number of benzene rings is 2. The molecule has 1 saturated carbocycles. The van der Waals surface area contributed by atoms with Gasteiger partial charge in [0, 0.05) is 18.9 Å². The predicted octanol–water partition coefficient (Wildman–Crippen LogP) is 5.40. The molecule has 0 bridgehead atoms. The number of ether oxygens (including phenoxy) is 1. The molecular formula is C25H30ClN3O2. The summed E-state index contributed by atoms with van der Waals surface area (Å²) in [6.45, 7) is 1.89.